The molecule has 0 unspecified atom stereocenters. The van der Waals surface area contributed by atoms with Crippen molar-refractivity contribution in [2.75, 3.05) is 25.0 Å². The molecule has 3 heterocycles. The van der Waals surface area contributed by atoms with E-state index in [2.05, 4.69) is 43.1 Å². The standard InChI is InChI=1S/C26H32N2O3S/c1-5-30-21-10-8-20(9-11-21)24(28-14-12-17(2)13-15-28)23-18(3)19(4)32-26(23)27-25(29)22-7-6-16-31-22/h6-11,16-17,24H,5,12-15H2,1-4H3,(H,27,29)/t24-/m0/s1. The van der Waals surface area contributed by atoms with Crippen LogP contribution in [0.1, 0.15) is 64.9 Å². The van der Waals surface area contributed by atoms with Crippen LogP contribution in [-0.2, 0) is 0 Å². The number of carbonyl (C=O) groups is 1. The summed E-state index contributed by atoms with van der Waals surface area (Å²) in [6.07, 6.45) is 3.89. The summed E-state index contributed by atoms with van der Waals surface area (Å²) in [5.41, 5.74) is 3.64. The highest BCUT2D eigenvalue weighted by molar-refractivity contribution is 7.16. The molecule has 32 heavy (non-hydrogen) atoms. The molecule has 5 nitrogen and oxygen atoms in total. The molecule has 1 aromatic carbocycles. The van der Waals surface area contributed by atoms with Gasteiger partial charge in [0, 0.05) is 10.4 Å². The molecule has 3 aromatic rings. The van der Waals surface area contributed by atoms with E-state index in [0.29, 0.717) is 12.4 Å². The molecule has 1 amide bonds. The fourth-order valence-electron chi connectivity index (χ4n) is 4.40. The van der Waals surface area contributed by atoms with Crippen molar-refractivity contribution in [3.63, 3.8) is 0 Å². The Balaban J connectivity index is 1.74. The van der Waals surface area contributed by atoms with Crippen molar-refractivity contribution >= 4 is 22.2 Å². The SMILES string of the molecule is CCOc1ccc([C@@H](c2c(NC(=O)c3ccco3)sc(C)c2C)N2CCC(C)CC2)cc1. The van der Waals surface area contributed by atoms with Crippen LogP contribution in [0.5, 0.6) is 5.75 Å². The van der Waals surface area contributed by atoms with Crippen molar-refractivity contribution in [2.24, 2.45) is 5.92 Å². The zero-order chi connectivity index (χ0) is 22.7. The zero-order valence-electron chi connectivity index (χ0n) is 19.3. The Bertz CT molecular complexity index is 1030. The number of piperidine rings is 1. The summed E-state index contributed by atoms with van der Waals surface area (Å²) in [7, 11) is 0. The van der Waals surface area contributed by atoms with Crippen molar-refractivity contribution in [3.05, 3.63) is 70.0 Å². The number of furan rings is 1. The first-order chi connectivity index (χ1) is 15.5. The van der Waals surface area contributed by atoms with Crippen LogP contribution < -0.4 is 10.1 Å². The third kappa shape index (κ3) is 4.76. The third-order valence-electron chi connectivity index (χ3n) is 6.37. The molecular weight excluding hydrogens is 420 g/mol. The predicted octanol–water partition coefficient (Wildman–Crippen LogP) is 6.43. The van der Waals surface area contributed by atoms with Crippen LogP contribution in [-0.4, -0.2) is 30.5 Å². The number of carbonyl (C=O) groups excluding carboxylic acids is 1. The predicted molar refractivity (Wildman–Crippen MR) is 130 cm³/mol. The monoisotopic (exact) mass is 452 g/mol. The lowest BCUT2D eigenvalue weighted by molar-refractivity contribution is 0.0996. The Morgan fingerprint density at radius 2 is 1.94 bits per heavy atom. The van der Waals surface area contributed by atoms with Crippen LogP contribution >= 0.6 is 11.3 Å². The summed E-state index contributed by atoms with van der Waals surface area (Å²) >= 11 is 1.64. The molecule has 4 rings (SSSR count). The number of rotatable bonds is 7. The first-order valence-corrected chi connectivity index (χ1v) is 12.2. The van der Waals surface area contributed by atoms with Crippen LogP contribution in [0.4, 0.5) is 5.00 Å². The van der Waals surface area contributed by atoms with Gasteiger partial charge in [-0.2, -0.15) is 0 Å². The Morgan fingerprint density at radius 3 is 2.56 bits per heavy atom. The van der Waals surface area contributed by atoms with Crippen molar-refractivity contribution < 1.29 is 13.9 Å². The summed E-state index contributed by atoms with van der Waals surface area (Å²) in [6, 6.07) is 11.9. The maximum atomic E-state index is 12.8. The summed E-state index contributed by atoms with van der Waals surface area (Å²) < 4.78 is 11.0. The number of amides is 1. The Kier molecular flexibility index (Phi) is 7.01. The average molecular weight is 453 g/mol. The second-order valence-corrected chi connectivity index (χ2v) is 9.81. The number of likely N-dealkylation sites (tertiary alicyclic amines) is 1. The lowest BCUT2D eigenvalue weighted by atomic mass is 9.91. The minimum absolute atomic E-state index is 0.0787. The van der Waals surface area contributed by atoms with E-state index in [0.717, 1.165) is 29.8 Å². The molecule has 1 aliphatic rings. The molecule has 0 bridgehead atoms. The normalized spacial score (nSPS) is 16.1. The number of benzene rings is 1. The Hall–Kier alpha value is -2.57. The molecule has 2 aromatic heterocycles. The maximum absolute atomic E-state index is 12.8. The largest absolute Gasteiger partial charge is 0.494 e. The van der Waals surface area contributed by atoms with Gasteiger partial charge in [0.05, 0.1) is 18.9 Å². The van der Waals surface area contributed by atoms with Gasteiger partial charge < -0.3 is 14.5 Å². The molecule has 0 spiro atoms. The van der Waals surface area contributed by atoms with Crippen LogP contribution in [0.25, 0.3) is 0 Å². The Labute approximate surface area is 194 Å². The molecule has 1 saturated heterocycles. The quantitative estimate of drug-likeness (QED) is 0.449. The van der Waals surface area contributed by atoms with Gasteiger partial charge in [-0.3, -0.25) is 9.69 Å². The van der Waals surface area contributed by atoms with Crippen LogP contribution in [0.3, 0.4) is 0 Å². The number of hydrogen-bond donors (Lipinski definition) is 1. The number of nitrogens with zero attached hydrogens (tertiary/aromatic N) is 1. The van der Waals surface area contributed by atoms with E-state index in [4.69, 9.17) is 9.15 Å². The fourth-order valence-corrected chi connectivity index (χ4v) is 5.49. The van der Waals surface area contributed by atoms with E-state index >= 15 is 0 Å². The number of ether oxygens (including phenoxy) is 1. The minimum Gasteiger partial charge on any atom is -0.494 e. The van der Waals surface area contributed by atoms with Crippen LogP contribution in [0, 0.1) is 19.8 Å². The molecule has 170 valence electrons. The van der Waals surface area contributed by atoms with E-state index in [-0.39, 0.29) is 11.9 Å². The molecule has 0 saturated carbocycles. The highest BCUT2D eigenvalue weighted by atomic mass is 32.1. The number of aryl methyl sites for hydroxylation is 1. The highest BCUT2D eigenvalue weighted by Crippen LogP contribution is 2.43. The van der Waals surface area contributed by atoms with Gasteiger partial charge in [-0.25, -0.2) is 0 Å². The van der Waals surface area contributed by atoms with Gasteiger partial charge in [0.2, 0.25) is 0 Å². The topological polar surface area (TPSA) is 54.7 Å². The molecule has 6 heteroatoms. The molecular formula is C26H32N2O3S. The van der Waals surface area contributed by atoms with Gasteiger partial charge in [0.15, 0.2) is 5.76 Å². The maximum Gasteiger partial charge on any atom is 0.291 e. The lowest BCUT2D eigenvalue weighted by Crippen LogP contribution is -2.37. The van der Waals surface area contributed by atoms with Gasteiger partial charge in [0.25, 0.3) is 5.91 Å². The van der Waals surface area contributed by atoms with Gasteiger partial charge in [-0.15, -0.1) is 11.3 Å². The number of anilines is 1. The lowest BCUT2D eigenvalue weighted by Gasteiger charge is -2.38. The van der Waals surface area contributed by atoms with E-state index in [1.165, 1.54) is 40.7 Å². The van der Waals surface area contributed by atoms with E-state index < -0.39 is 0 Å². The molecule has 1 aliphatic heterocycles. The van der Waals surface area contributed by atoms with Gasteiger partial charge in [0.1, 0.15) is 10.8 Å². The first-order valence-electron chi connectivity index (χ1n) is 11.4. The number of hydrogen-bond acceptors (Lipinski definition) is 5. The second-order valence-electron chi connectivity index (χ2n) is 8.58. The summed E-state index contributed by atoms with van der Waals surface area (Å²) in [6.45, 7) is 11.4. The van der Waals surface area contributed by atoms with E-state index in [9.17, 15) is 4.79 Å². The average Bonchev–Trinajstić information content (AvgIpc) is 3.41. The second kappa shape index (κ2) is 9.92. The van der Waals surface area contributed by atoms with Crippen molar-refractivity contribution in [2.45, 2.75) is 46.6 Å². The first kappa shape index (κ1) is 22.6. The summed E-state index contributed by atoms with van der Waals surface area (Å²) in [5.74, 6) is 1.74. The van der Waals surface area contributed by atoms with Gasteiger partial charge in [-0.1, -0.05) is 19.1 Å². The Morgan fingerprint density at radius 1 is 1.22 bits per heavy atom. The van der Waals surface area contributed by atoms with Crippen molar-refractivity contribution in [1.82, 2.24) is 4.90 Å². The van der Waals surface area contributed by atoms with Crippen molar-refractivity contribution in [3.8, 4) is 5.75 Å². The molecule has 1 N–H and O–H groups in total. The molecule has 1 fully saturated rings. The summed E-state index contributed by atoms with van der Waals surface area (Å²) in [4.78, 5) is 16.6. The van der Waals surface area contributed by atoms with Crippen LogP contribution in [0.2, 0.25) is 0 Å². The van der Waals surface area contributed by atoms with Crippen molar-refractivity contribution in [1.29, 1.82) is 0 Å². The molecule has 1 atom stereocenters. The van der Waals surface area contributed by atoms with Gasteiger partial charge in [-0.05, 0) is 88.0 Å². The smallest absolute Gasteiger partial charge is 0.291 e. The number of nitrogens with one attached hydrogen (secondary N) is 1. The highest BCUT2D eigenvalue weighted by Gasteiger charge is 2.31. The molecule has 0 aliphatic carbocycles. The van der Waals surface area contributed by atoms with Gasteiger partial charge >= 0.3 is 0 Å². The minimum atomic E-state index is -0.213. The van der Waals surface area contributed by atoms with E-state index in [1.54, 1.807) is 23.5 Å². The molecule has 0 radical (unpaired) electrons. The zero-order valence-corrected chi connectivity index (χ0v) is 20.1. The fraction of sp³-hybridized carbons (Fsp3) is 0.423. The summed E-state index contributed by atoms with van der Waals surface area (Å²) in [5, 5.41) is 4.04. The third-order valence-corrected chi connectivity index (χ3v) is 7.51. The van der Waals surface area contributed by atoms with E-state index in [1.807, 2.05) is 19.1 Å². The van der Waals surface area contributed by atoms with Crippen LogP contribution in [0.15, 0.2) is 47.1 Å². The number of thiophene rings is 1.